The Morgan fingerprint density at radius 2 is 2.29 bits per heavy atom. The fourth-order valence-electron chi connectivity index (χ4n) is 2.99. The first-order valence-corrected chi connectivity index (χ1v) is 7.77. The summed E-state index contributed by atoms with van der Waals surface area (Å²) in [4.78, 5) is 5.19. The van der Waals surface area contributed by atoms with Crippen LogP contribution in [0, 0.1) is 0 Å². The number of hydrogen-bond donors (Lipinski definition) is 1. The molecule has 1 aliphatic heterocycles. The van der Waals surface area contributed by atoms with Gasteiger partial charge in [0, 0.05) is 19.1 Å². The van der Waals surface area contributed by atoms with E-state index >= 15 is 0 Å². The first kappa shape index (κ1) is 16.2. The monoisotopic (exact) mass is 307 g/mol. The average Bonchev–Trinajstić information content (AvgIpc) is 2.84. The van der Waals surface area contributed by atoms with Crippen molar-refractivity contribution in [2.45, 2.75) is 25.4 Å². The molecule has 1 aliphatic rings. The maximum atomic E-state index is 5.77. The molecule has 1 heterocycles. The second-order valence-electron chi connectivity index (χ2n) is 5.87. The zero-order valence-electron chi connectivity index (χ0n) is 13.1. The summed E-state index contributed by atoms with van der Waals surface area (Å²) in [5.74, 6) is 0.740. The summed E-state index contributed by atoms with van der Waals surface area (Å²) in [6.07, 6.45) is 2.60. The van der Waals surface area contributed by atoms with E-state index in [0.29, 0.717) is 11.0 Å². The van der Waals surface area contributed by atoms with Crippen LogP contribution in [0.15, 0.2) is 18.2 Å². The molecule has 1 atom stereocenters. The van der Waals surface area contributed by atoms with Crippen LogP contribution in [-0.4, -0.2) is 55.1 Å². The van der Waals surface area contributed by atoms with E-state index in [2.05, 4.69) is 30.0 Å². The highest BCUT2D eigenvalue weighted by molar-refractivity contribution is 7.80. The van der Waals surface area contributed by atoms with Gasteiger partial charge in [0.15, 0.2) is 0 Å². The minimum absolute atomic E-state index is 0.381. The third-order valence-corrected chi connectivity index (χ3v) is 4.40. The Balaban J connectivity index is 2.01. The number of nitrogens with two attached hydrogens (primary N) is 1. The number of rotatable bonds is 6. The minimum Gasteiger partial charge on any atom is -0.496 e. The summed E-state index contributed by atoms with van der Waals surface area (Å²) in [7, 11) is 6.01. The number of benzene rings is 1. The van der Waals surface area contributed by atoms with E-state index in [0.717, 1.165) is 24.4 Å². The van der Waals surface area contributed by atoms with Crippen molar-refractivity contribution < 1.29 is 4.74 Å². The van der Waals surface area contributed by atoms with Crippen molar-refractivity contribution in [1.29, 1.82) is 0 Å². The summed E-state index contributed by atoms with van der Waals surface area (Å²) in [5, 5.41) is 0. The van der Waals surface area contributed by atoms with Crippen molar-refractivity contribution in [3.8, 4) is 5.75 Å². The second kappa shape index (κ2) is 7.20. The van der Waals surface area contributed by atoms with E-state index in [4.69, 9.17) is 22.7 Å². The Labute approximate surface area is 132 Å². The lowest BCUT2D eigenvalue weighted by Gasteiger charge is -2.26. The molecule has 1 unspecified atom stereocenters. The Bertz CT molecular complexity index is 506. The van der Waals surface area contributed by atoms with Crippen molar-refractivity contribution >= 4 is 17.2 Å². The van der Waals surface area contributed by atoms with Crippen molar-refractivity contribution in [2.24, 2.45) is 5.73 Å². The Kier molecular flexibility index (Phi) is 5.56. The van der Waals surface area contributed by atoms with Gasteiger partial charge in [-0.1, -0.05) is 18.3 Å². The lowest BCUT2D eigenvalue weighted by molar-refractivity contribution is 0.215. The Morgan fingerprint density at radius 1 is 1.52 bits per heavy atom. The standard InChI is InChI=1S/C16H25N3OS/c1-18(11-13-5-4-8-19(13)2)10-12-6-7-15(20-3)14(9-12)16(17)21/h6-7,9,13H,4-5,8,10-11H2,1-3H3,(H2,17,21). The predicted molar refractivity (Wildman–Crippen MR) is 90.9 cm³/mol. The quantitative estimate of drug-likeness (QED) is 0.813. The summed E-state index contributed by atoms with van der Waals surface area (Å²) in [6.45, 7) is 3.20. The van der Waals surface area contributed by atoms with Gasteiger partial charge in [-0.15, -0.1) is 0 Å². The molecular formula is C16H25N3OS. The molecule has 0 spiro atoms. The number of hydrogen-bond acceptors (Lipinski definition) is 4. The van der Waals surface area contributed by atoms with Gasteiger partial charge >= 0.3 is 0 Å². The van der Waals surface area contributed by atoms with Gasteiger partial charge in [-0.25, -0.2) is 0 Å². The highest BCUT2D eigenvalue weighted by Crippen LogP contribution is 2.21. The molecule has 2 N–H and O–H groups in total. The summed E-state index contributed by atoms with van der Waals surface area (Å²) >= 11 is 5.10. The van der Waals surface area contributed by atoms with Gasteiger partial charge in [-0.2, -0.15) is 0 Å². The molecule has 4 nitrogen and oxygen atoms in total. The van der Waals surface area contributed by atoms with E-state index in [9.17, 15) is 0 Å². The van der Waals surface area contributed by atoms with Crippen molar-refractivity contribution in [3.63, 3.8) is 0 Å². The molecule has 1 aromatic rings. The summed E-state index contributed by atoms with van der Waals surface area (Å²) < 4.78 is 5.30. The minimum atomic E-state index is 0.381. The van der Waals surface area contributed by atoms with Crippen LogP contribution in [-0.2, 0) is 6.54 Å². The van der Waals surface area contributed by atoms with E-state index in [1.165, 1.54) is 24.9 Å². The van der Waals surface area contributed by atoms with Gasteiger partial charge in [0.05, 0.1) is 12.7 Å². The maximum Gasteiger partial charge on any atom is 0.129 e. The molecule has 0 amide bonds. The number of ether oxygens (including phenoxy) is 1. The number of nitrogens with zero attached hydrogens (tertiary/aromatic N) is 2. The van der Waals surface area contributed by atoms with Crippen molar-refractivity contribution in [1.82, 2.24) is 9.80 Å². The van der Waals surface area contributed by atoms with E-state index < -0.39 is 0 Å². The largest absolute Gasteiger partial charge is 0.496 e. The fourth-order valence-corrected chi connectivity index (χ4v) is 3.15. The lowest BCUT2D eigenvalue weighted by atomic mass is 10.1. The van der Waals surface area contributed by atoms with Crippen LogP contribution in [0.3, 0.4) is 0 Å². The van der Waals surface area contributed by atoms with Crippen molar-refractivity contribution in [2.75, 3.05) is 34.3 Å². The van der Waals surface area contributed by atoms with E-state index in [1.807, 2.05) is 12.1 Å². The smallest absolute Gasteiger partial charge is 0.129 e. The van der Waals surface area contributed by atoms with Crippen LogP contribution in [0.4, 0.5) is 0 Å². The molecule has 0 radical (unpaired) electrons. The highest BCUT2D eigenvalue weighted by atomic mass is 32.1. The molecule has 1 aromatic carbocycles. The zero-order chi connectivity index (χ0) is 15.4. The Hall–Kier alpha value is -1.17. The van der Waals surface area contributed by atoms with Gasteiger partial charge in [-0.05, 0) is 51.2 Å². The normalized spacial score (nSPS) is 19.1. The molecule has 0 aliphatic carbocycles. The summed E-state index contributed by atoms with van der Waals surface area (Å²) in [5.41, 5.74) is 7.80. The topological polar surface area (TPSA) is 41.7 Å². The molecule has 1 fully saturated rings. The molecule has 1 saturated heterocycles. The lowest BCUT2D eigenvalue weighted by Crippen LogP contribution is -2.36. The van der Waals surface area contributed by atoms with Crippen LogP contribution in [0.1, 0.15) is 24.0 Å². The molecule has 0 aromatic heterocycles. The van der Waals surface area contributed by atoms with Crippen LogP contribution in [0.5, 0.6) is 5.75 Å². The summed E-state index contributed by atoms with van der Waals surface area (Å²) in [6, 6.07) is 6.73. The number of likely N-dealkylation sites (tertiary alicyclic amines) is 1. The van der Waals surface area contributed by atoms with Gasteiger partial charge in [0.25, 0.3) is 0 Å². The molecule has 116 valence electrons. The Morgan fingerprint density at radius 3 is 2.86 bits per heavy atom. The second-order valence-corrected chi connectivity index (χ2v) is 6.31. The first-order valence-electron chi connectivity index (χ1n) is 7.36. The molecule has 0 bridgehead atoms. The van der Waals surface area contributed by atoms with Gasteiger partial charge in [0.1, 0.15) is 10.7 Å². The third kappa shape index (κ3) is 4.15. The van der Waals surface area contributed by atoms with Crippen LogP contribution >= 0.6 is 12.2 Å². The molecular weight excluding hydrogens is 282 g/mol. The average molecular weight is 307 g/mol. The molecule has 0 saturated carbocycles. The zero-order valence-corrected chi connectivity index (χ0v) is 13.9. The fraction of sp³-hybridized carbons (Fsp3) is 0.562. The van der Waals surface area contributed by atoms with Gasteiger partial charge in [0.2, 0.25) is 0 Å². The first-order chi connectivity index (χ1) is 10.0. The van der Waals surface area contributed by atoms with Gasteiger partial charge in [-0.3, -0.25) is 0 Å². The van der Waals surface area contributed by atoms with Gasteiger partial charge < -0.3 is 20.3 Å². The SMILES string of the molecule is COc1ccc(CN(C)CC2CCCN2C)cc1C(N)=S. The number of thiocarbonyl (C=S) groups is 1. The molecule has 2 rings (SSSR count). The third-order valence-electron chi connectivity index (χ3n) is 4.18. The van der Waals surface area contributed by atoms with Crippen LogP contribution < -0.4 is 10.5 Å². The maximum absolute atomic E-state index is 5.77. The van der Waals surface area contributed by atoms with Crippen LogP contribution in [0.25, 0.3) is 0 Å². The highest BCUT2D eigenvalue weighted by Gasteiger charge is 2.22. The van der Waals surface area contributed by atoms with E-state index in [-0.39, 0.29) is 0 Å². The molecule has 21 heavy (non-hydrogen) atoms. The van der Waals surface area contributed by atoms with Crippen LogP contribution in [0.2, 0.25) is 0 Å². The number of likely N-dealkylation sites (N-methyl/N-ethyl adjacent to an activating group) is 2. The number of methoxy groups -OCH3 is 1. The van der Waals surface area contributed by atoms with E-state index in [1.54, 1.807) is 7.11 Å². The predicted octanol–water partition coefficient (Wildman–Crippen LogP) is 1.86. The van der Waals surface area contributed by atoms with Crippen molar-refractivity contribution in [3.05, 3.63) is 29.3 Å². The molecule has 5 heteroatoms.